The predicted molar refractivity (Wildman–Crippen MR) is 189 cm³/mol. The Morgan fingerprint density at radius 2 is 1.13 bits per heavy atom. The summed E-state index contributed by atoms with van der Waals surface area (Å²) in [5.41, 5.74) is 15.7. The molecule has 10 rings (SSSR count). The van der Waals surface area contributed by atoms with Gasteiger partial charge in [-0.15, -0.1) is 0 Å². The van der Waals surface area contributed by atoms with Gasteiger partial charge in [0.2, 0.25) is 0 Å². The van der Waals surface area contributed by atoms with Crippen LogP contribution in [0, 0.1) is 0 Å². The first kappa shape index (κ1) is 25.6. The third-order valence-corrected chi connectivity index (χ3v) is 11.9. The molecule has 6 aromatic carbocycles. The summed E-state index contributed by atoms with van der Waals surface area (Å²) in [7, 11) is 0. The lowest BCUT2D eigenvalue weighted by Gasteiger charge is -2.36. The monoisotopic (exact) mass is 596 g/mol. The minimum absolute atomic E-state index is 0.125. The Bertz CT molecular complexity index is 2380. The van der Waals surface area contributed by atoms with Crippen molar-refractivity contribution in [1.82, 2.24) is 4.57 Å². The normalized spacial score (nSPS) is 16.2. The number of para-hydroxylation sites is 4. The molecule has 1 aliphatic carbocycles. The average molecular weight is 597 g/mol. The molecule has 45 heavy (non-hydrogen) atoms. The summed E-state index contributed by atoms with van der Waals surface area (Å²) in [5.74, 6) is 0. The molecule has 1 aromatic heterocycles. The molecule has 0 amide bonds. The maximum atomic E-state index is 2.55. The van der Waals surface area contributed by atoms with Crippen LogP contribution in [0.15, 0.2) is 131 Å². The van der Waals surface area contributed by atoms with Gasteiger partial charge in [0.15, 0.2) is 0 Å². The third-order valence-electron chi connectivity index (χ3n) is 10.7. The summed E-state index contributed by atoms with van der Waals surface area (Å²) in [6.45, 7) is 9.63. The number of hydrogen-bond acceptors (Lipinski definition) is 2. The van der Waals surface area contributed by atoms with Gasteiger partial charge in [0.05, 0.1) is 28.1 Å². The van der Waals surface area contributed by atoms with E-state index in [1.807, 2.05) is 11.8 Å². The fraction of sp³-hybridized carbons (Fsp3) is 0.143. The van der Waals surface area contributed by atoms with Crippen LogP contribution < -0.4 is 4.90 Å². The topological polar surface area (TPSA) is 8.17 Å². The lowest BCUT2D eigenvalue weighted by Crippen LogP contribution is -2.27. The largest absolute Gasteiger partial charge is 0.309 e. The first-order valence-electron chi connectivity index (χ1n) is 15.9. The fourth-order valence-electron chi connectivity index (χ4n) is 8.48. The van der Waals surface area contributed by atoms with Gasteiger partial charge in [-0.1, -0.05) is 106 Å². The number of nitrogens with zero attached hydrogens (tertiary/aromatic N) is 2. The Hall–Kier alpha value is -4.73. The first-order valence-corrected chi connectivity index (χ1v) is 16.7. The molecule has 0 bridgehead atoms. The minimum atomic E-state index is -0.150. The first-order chi connectivity index (χ1) is 21.8. The molecule has 3 aliphatic rings. The van der Waals surface area contributed by atoms with Crippen molar-refractivity contribution >= 4 is 50.6 Å². The predicted octanol–water partition coefficient (Wildman–Crippen LogP) is 11.7. The molecule has 0 unspecified atom stereocenters. The molecular weight excluding hydrogens is 565 g/mol. The third kappa shape index (κ3) is 3.17. The van der Waals surface area contributed by atoms with Gasteiger partial charge in [0.25, 0.3) is 0 Å². The number of hydrogen-bond donors (Lipinski definition) is 0. The Morgan fingerprint density at radius 1 is 0.489 bits per heavy atom. The molecule has 0 N–H and O–H groups in total. The van der Waals surface area contributed by atoms with Crippen molar-refractivity contribution in [2.24, 2.45) is 0 Å². The number of fused-ring (bicyclic) bond motifs is 10. The Morgan fingerprint density at radius 3 is 1.91 bits per heavy atom. The lowest BCUT2D eigenvalue weighted by molar-refractivity contribution is 0.625. The number of rotatable bonds is 1. The van der Waals surface area contributed by atoms with Crippen molar-refractivity contribution in [3.05, 3.63) is 144 Å². The van der Waals surface area contributed by atoms with Crippen LogP contribution in [0.2, 0.25) is 0 Å². The van der Waals surface area contributed by atoms with E-state index in [1.165, 1.54) is 87.7 Å². The molecule has 0 spiro atoms. The highest BCUT2D eigenvalue weighted by Gasteiger charge is 2.41. The SMILES string of the molecule is CC1(C)c2cc(N3c4ccccc4Sc4ccccc43)ccc2-c2cc3c(cc21)-n1c2ccccc2c2cccc(c21)C3(C)C. The molecule has 2 aliphatic heterocycles. The molecule has 0 fully saturated rings. The van der Waals surface area contributed by atoms with Crippen molar-refractivity contribution in [2.45, 2.75) is 48.3 Å². The van der Waals surface area contributed by atoms with Crippen molar-refractivity contribution < 1.29 is 0 Å². The van der Waals surface area contributed by atoms with Gasteiger partial charge in [-0.05, 0) is 88.0 Å². The van der Waals surface area contributed by atoms with Crippen molar-refractivity contribution in [1.29, 1.82) is 0 Å². The second-order valence-corrected chi connectivity index (χ2v) is 14.9. The van der Waals surface area contributed by atoms with Crippen LogP contribution in [0.25, 0.3) is 38.6 Å². The summed E-state index contributed by atoms with van der Waals surface area (Å²) < 4.78 is 2.55. The number of aromatic nitrogens is 1. The maximum Gasteiger partial charge on any atom is 0.0601 e. The quantitative estimate of drug-likeness (QED) is 0.186. The molecular formula is C42H32N2S. The summed E-state index contributed by atoms with van der Waals surface area (Å²) >= 11 is 1.86. The number of anilines is 3. The highest BCUT2D eigenvalue weighted by atomic mass is 32.2. The van der Waals surface area contributed by atoms with Gasteiger partial charge < -0.3 is 9.47 Å². The van der Waals surface area contributed by atoms with E-state index in [4.69, 9.17) is 0 Å². The van der Waals surface area contributed by atoms with E-state index < -0.39 is 0 Å². The standard InChI is InChI=1S/C42H32N2S/c1-41(2)30-14-11-13-28-27-12-5-6-15-34(27)44(40(28)30)37-24-32-29(23-33(37)41)26-21-20-25(22-31(26)42(32,3)4)43-35-16-7-9-18-38(35)45-39-19-10-8-17-36(39)43/h5-24H,1-4H3. The van der Waals surface area contributed by atoms with E-state index in [9.17, 15) is 0 Å². The van der Waals surface area contributed by atoms with Crippen LogP contribution >= 0.6 is 11.8 Å². The van der Waals surface area contributed by atoms with E-state index in [1.54, 1.807) is 0 Å². The van der Waals surface area contributed by atoms with E-state index in [0.29, 0.717) is 0 Å². The van der Waals surface area contributed by atoms with Crippen LogP contribution in [-0.2, 0) is 10.8 Å². The molecule has 0 saturated carbocycles. The molecule has 3 heteroatoms. The molecule has 0 atom stereocenters. The fourth-order valence-corrected chi connectivity index (χ4v) is 9.54. The molecule has 0 radical (unpaired) electrons. The summed E-state index contributed by atoms with van der Waals surface area (Å²) in [6.07, 6.45) is 0. The Kier molecular flexibility index (Phi) is 4.83. The smallest absolute Gasteiger partial charge is 0.0601 e. The van der Waals surface area contributed by atoms with Crippen LogP contribution in [0.3, 0.4) is 0 Å². The molecule has 3 heterocycles. The van der Waals surface area contributed by atoms with E-state index in [2.05, 4.69) is 158 Å². The average Bonchev–Trinajstić information content (AvgIpc) is 3.51. The van der Waals surface area contributed by atoms with E-state index >= 15 is 0 Å². The second-order valence-electron chi connectivity index (χ2n) is 13.8. The zero-order chi connectivity index (χ0) is 30.2. The summed E-state index contributed by atoms with van der Waals surface area (Å²) in [5, 5.41) is 2.67. The van der Waals surface area contributed by atoms with Crippen LogP contribution in [0.5, 0.6) is 0 Å². The molecule has 216 valence electrons. The Balaban J connectivity index is 1.21. The van der Waals surface area contributed by atoms with Crippen molar-refractivity contribution in [3.63, 3.8) is 0 Å². The molecule has 0 saturated heterocycles. The van der Waals surface area contributed by atoms with Gasteiger partial charge in [-0.25, -0.2) is 0 Å². The van der Waals surface area contributed by atoms with E-state index in [0.717, 1.165) is 0 Å². The van der Waals surface area contributed by atoms with E-state index in [-0.39, 0.29) is 10.8 Å². The summed E-state index contributed by atoms with van der Waals surface area (Å²) in [4.78, 5) is 5.03. The number of benzene rings is 6. The second kappa shape index (κ2) is 8.50. The highest BCUT2D eigenvalue weighted by molar-refractivity contribution is 7.99. The Labute approximate surface area is 267 Å². The highest BCUT2D eigenvalue weighted by Crippen LogP contribution is 2.57. The zero-order valence-corrected chi connectivity index (χ0v) is 26.7. The maximum absolute atomic E-state index is 2.55. The molecule has 7 aromatic rings. The zero-order valence-electron chi connectivity index (χ0n) is 25.8. The van der Waals surface area contributed by atoms with Crippen molar-refractivity contribution in [2.75, 3.05) is 4.90 Å². The van der Waals surface area contributed by atoms with Crippen LogP contribution in [0.1, 0.15) is 49.9 Å². The summed E-state index contributed by atoms with van der Waals surface area (Å²) in [6, 6.07) is 45.6. The van der Waals surface area contributed by atoms with Gasteiger partial charge in [0, 0.05) is 37.1 Å². The van der Waals surface area contributed by atoms with Gasteiger partial charge >= 0.3 is 0 Å². The lowest BCUT2D eigenvalue weighted by atomic mass is 9.73. The van der Waals surface area contributed by atoms with Crippen molar-refractivity contribution in [3.8, 4) is 16.8 Å². The van der Waals surface area contributed by atoms with Crippen LogP contribution in [0.4, 0.5) is 17.1 Å². The van der Waals surface area contributed by atoms with Gasteiger partial charge in [0.1, 0.15) is 0 Å². The van der Waals surface area contributed by atoms with Crippen LogP contribution in [-0.4, -0.2) is 4.57 Å². The minimum Gasteiger partial charge on any atom is -0.309 e. The van der Waals surface area contributed by atoms with Gasteiger partial charge in [-0.2, -0.15) is 0 Å². The van der Waals surface area contributed by atoms with Gasteiger partial charge in [-0.3, -0.25) is 0 Å². The molecule has 2 nitrogen and oxygen atoms in total.